The minimum Gasteiger partial charge on any atom is -0.481 e. The van der Waals surface area contributed by atoms with E-state index in [4.69, 9.17) is 43.0 Å². The van der Waals surface area contributed by atoms with Crippen molar-refractivity contribution in [2.45, 2.75) is 226 Å². The lowest BCUT2D eigenvalue weighted by molar-refractivity contribution is -0.389. The zero-order valence-electron chi connectivity index (χ0n) is 35.7. The molecule has 0 amide bonds. The number of carboxylic acids is 1. The summed E-state index contributed by atoms with van der Waals surface area (Å²) in [5.41, 5.74) is 0. The molecule has 23 heteroatoms. The van der Waals surface area contributed by atoms with Gasteiger partial charge in [0.15, 0.2) is 25.2 Å². The van der Waals surface area contributed by atoms with Gasteiger partial charge in [0.1, 0.15) is 91.6 Å². The average molecular weight is 921 g/mol. The van der Waals surface area contributed by atoms with Gasteiger partial charge in [0.2, 0.25) is 0 Å². The Morgan fingerprint density at radius 2 is 0.937 bits per heavy atom. The lowest BCUT2D eigenvalue weighted by Crippen LogP contribution is -2.67. The average Bonchev–Trinajstić information content (AvgIpc) is 3.26. The van der Waals surface area contributed by atoms with Gasteiger partial charge in [-0.15, -0.1) is 0 Å². The summed E-state index contributed by atoms with van der Waals surface area (Å²) in [6, 6.07) is 0. The number of carbonyl (C=O) groups is 1. The molecule has 4 aliphatic heterocycles. The number of hydrogen-bond acceptors (Lipinski definition) is 22. The molecule has 22 unspecified atom stereocenters. The van der Waals surface area contributed by atoms with Crippen molar-refractivity contribution in [3.8, 4) is 0 Å². The van der Waals surface area contributed by atoms with Crippen molar-refractivity contribution in [2.75, 3.05) is 19.8 Å². The van der Waals surface area contributed by atoms with Crippen molar-refractivity contribution in [3.63, 3.8) is 0 Å². The van der Waals surface area contributed by atoms with Crippen LogP contribution in [0.1, 0.15) is 90.9 Å². The van der Waals surface area contributed by atoms with E-state index in [1.165, 1.54) is 6.92 Å². The van der Waals surface area contributed by atoms with Gasteiger partial charge in [-0.2, -0.15) is 0 Å². The van der Waals surface area contributed by atoms with Gasteiger partial charge in [-0.05, 0) is 32.6 Å². The Morgan fingerprint density at radius 3 is 1.46 bits per heavy atom. The van der Waals surface area contributed by atoms with Crippen molar-refractivity contribution in [1.29, 1.82) is 0 Å². The first kappa shape index (κ1) is 54.2. The molecular formula is C40H72O23. The second kappa shape index (κ2) is 26.2. The van der Waals surface area contributed by atoms with Crippen LogP contribution in [-0.2, 0) is 42.7 Å². The topological polar surface area (TPSA) is 374 Å². The summed E-state index contributed by atoms with van der Waals surface area (Å²) in [4.78, 5) is 10.7. The normalized spacial score (nSPS) is 42.2. The Morgan fingerprint density at radius 1 is 0.508 bits per heavy atom. The van der Waals surface area contributed by atoms with Crippen molar-refractivity contribution in [1.82, 2.24) is 0 Å². The van der Waals surface area contributed by atoms with Crippen molar-refractivity contribution in [2.24, 2.45) is 0 Å². The Hall–Kier alpha value is -1.37. The number of aliphatic hydroxyl groups excluding tert-OH is 13. The van der Waals surface area contributed by atoms with Crippen molar-refractivity contribution >= 4 is 5.97 Å². The van der Waals surface area contributed by atoms with Crippen LogP contribution in [0.2, 0.25) is 0 Å². The molecule has 0 radical (unpaired) electrons. The number of rotatable bonds is 25. The Kier molecular flexibility index (Phi) is 22.6. The maximum Gasteiger partial charge on any atom is 0.303 e. The summed E-state index contributed by atoms with van der Waals surface area (Å²) < 4.78 is 46.1. The molecule has 0 saturated carbocycles. The minimum absolute atomic E-state index is 0.0840. The molecule has 63 heavy (non-hydrogen) atoms. The quantitative estimate of drug-likeness (QED) is 0.0386. The summed E-state index contributed by atoms with van der Waals surface area (Å²) in [6.07, 6.45) is -27.4. The van der Waals surface area contributed by atoms with Crippen LogP contribution in [0.25, 0.3) is 0 Å². The molecule has 22 atom stereocenters. The fourth-order valence-corrected chi connectivity index (χ4v) is 8.19. The molecule has 0 aromatic carbocycles. The summed E-state index contributed by atoms with van der Waals surface area (Å²) in [5.74, 6) is -0.949. The molecule has 0 aromatic rings. The summed E-state index contributed by atoms with van der Waals surface area (Å²) >= 11 is 0. The Balaban J connectivity index is 1.41. The molecule has 0 aromatic heterocycles. The standard InChI is InChI=1S/C40H72O23/c1-3-4-11-20(12-9-7-5-6-8-10-19(44)13-14-24(45)46)57-39-32(54)35(27(49)22(16-42)59-39)63-40-33(55)36(28(50)23(17-43)60-40)62-38-31(53)34(25(47)18(2)56-38)61-37-30(52)29(51)26(48)21(15-41)58-37/h18-23,25-44,47-55H,3-17H2,1-2H3,(H,45,46). The third-order valence-corrected chi connectivity index (χ3v) is 12.1. The van der Waals surface area contributed by atoms with E-state index in [1.54, 1.807) is 0 Å². The van der Waals surface area contributed by atoms with Gasteiger partial charge in [0.05, 0.1) is 38.1 Å². The molecular weight excluding hydrogens is 848 g/mol. The van der Waals surface area contributed by atoms with E-state index in [2.05, 4.69) is 0 Å². The fraction of sp³-hybridized carbons (Fsp3) is 0.975. The van der Waals surface area contributed by atoms with Gasteiger partial charge in [0, 0.05) is 6.42 Å². The van der Waals surface area contributed by atoms with Crippen molar-refractivity contribution in [3.05, 3.63) is 0 Å². The first-order valence-electron chi connectivity index (χ1n) is 22.1. The second-order valence-corrected chi connectivity index (χ2v) is 16.9. The molecule has 4 rings (SSSR count). The number of aliphatic hydroxyl groups is 13. The van der Waals surface area contributed by atoms with Gasteiger partial charge in [-0.25, -0.2) is 0 Å². The first-order chi connectivity index (χ1) is 30.0. The van der Waals surface area contributed by atoms with Gasteiger partial charge in [-0.3, -0.25) is 4.79 Å². The smallest absolute Gasteiger partial charge is 0.303 e. The van der Waals surface area contributed by atoms with E-state index in [9.17, 15) is 71.2 Å². The number of hydrogen-bond donors (Lipinski definition) is 14. The third kappa shape index (κ3) is 14.6. The van der Waals surface area contributed by atoms with Gasteiger partial charge >= 0.3 is 5.97 Å². The van der Waals surface area contributed by atoms with Crippen LogP contribution in [0.3, 0.4) is 0 Å². The van der Waals surface area contributed by atoms with Crippen molar-refractivity contribution < 1.29 is 114 Å². The molecule has 0 aliphatic carbocycles. The molecule has 4 fully saturated rings. The molecule has 4 aliphatic rings. The lowest BCUT2D eigenvalue weighted by atomic mass is 9.95. The molecule has 370 valence electrons. The highest BCUT2D eigenvalue weighted by Gasteiger charge is 2.55. The van der Waals surface area contributed by atoms with E-state index < -0.39 is 161 Å². The summed E-state index contributed by atoms with van der Waals surface area (Å²) in [7, 11) is 0. The number of unbranched alkanes of at least 4 members (excludes halogenated alkanes) is 5. The highest BCUT2D eigenvalue weighted by Crippen LogP contribution is 2.35. The number of carboxylic acid groups (broad SMARTS) is 1. The van der Waals surface area contributed by atoms with E-state index in [0.29, 0.717) is 19.3 Å². The van der Waals surface area contributed by atoms with Crippen LogP contribution in [0, 0.1) is 0 Å². The van der Waals surface area contributed by atoms with Gasteiger partial charge in [-0.1, -0.05) is 51.9 Å². The molecule has 4 saturated heterocycles. The third-order valence-electron chi connectivity index (χ3n) is 12.1. The van der Waals surface area contributed by atoms with E-state index in [1.807, 2.05) is 6.92 Å². The first-order valence-corrected chi connectivity index (χ1v) is 22.1. The highest BCUT2D eigenvalue weighted by molar-refractivity contribution is 5.66. The SMILES string of the molecule is CCCCC(CCCCCCCC(O)CCC(=O)O)OC1OC(CO)C(O)C(OC2OC(CO)C(O)C(OC3OC(C)C(O)C(OC4OC(CO)C(O)C(O)C4O)C3O)C2O)C1O. The minimum atomic E-state index is -2.00. The fourth-order valence-electron chi connectivity index (χ4n) is 8.19. The highest BCUT2D eigenvalue weighted by atomic mass is 16.8. The van der Waals surface area contributed by atoms with Crippen LogP contribution < -0.4 is 0 Å². The monoisotopic (exact) mass is 920 g/mol. The Labute approximate surface area is 365 Å². The van der Waals surface area contributed by atoms with E-state index in [-0.39, 0.29) is 12.8 Å². The largest absolute Gasteiger partial charge is 0.481 e. The Bertz CT molecular complexity index is 1300. The number of aliphatic carboxylic acids is 1. The van der Waals surface area contributed by atoms with E-state index >= 15 is 0 Å². The summed E-state index contributed by atoms with van der Waals surface area (Å²) in [5, 5.41) is 147. The van der Waals surface area contributed by atoms with Crippen LogP contribution in [0.5, 0.6) is 0 Å². The van der Waals surface area contributed by atoms with Gasteiger partial charge < -0.3 is 109 Å². The molecule has 14 N–H and O–H groups in total. The molecule has 4 heterocycles. The predicted octanol–water partition coefficient (Wildman–Crippen LogP) is -4.18. The zero-order chi connectivity index (χ0) is 46.5. The lowest BCUT2D eigenvalue weighted by Gasteiger charge is -2.49. The molecule has 0 bridgehead atoms. The van der Waals surface area contributed by atoms with E-state index in [0.717, 1.165) is 44.9 Å². The maximum absolute atomic E-state index is 11.5. The zero-order valence-corrected chi connectivity index (χ0v) is 35.7. The van der Waals surface area contributed by atoms with Crippen LogP contribution >= 0.6 is 0 Å². The molecule has 0 spiro atoms. The summed E-state index contributed by atoms with van der Waals surface area (Å²) in [6.45, 7) is 0.977. The van der Waals surface area contributed by atoms with Crippen LogP contribution in [-0.4, -0.2) is 232 Å². The molecule has 23 nitrogen and oxygen atoms in total. The van der Waals surface area contributed by atoms with Gasteiger partial charge in [0.25, 0.3) is 0 Å². The predicted molar refractivity (Wildman–Crippen MR) is 210 cm³/mol. The maximum atomic E-state index is 11.5. The van der Waals surface area contributed by atoms with Crippen LogP contribution in [0.15, 0.2) is 0 Å². The number of ether oxygens (including phenoxy) is 8. The second-order valence-electron chi connectivity index (χ2n) is 16.9. The van der Waals surface area contributed by atoms with Crippen LogP contribution in [0.4, 0.5) is 0 Å².